The van der Waals surface area contributed by atoms with E-state index in [9.17, 15) is 9.59 Å². The van der Waals surface area contributed by atoms with Crippen LogP contribution in [-0.2, 0) is 16.0 Å². The molecule has 0 bridgehead atoms. The van der Waals surface area contributed by atoms with Gasteiger partial charge in [0.05, 0.1) is 0 Å². The van der Waals surface area contributed by atoms with Gasteiger partial charge in [0, 0.05) is 6.08 Å². The number of carbonyl (C=O) groups is 2. The lowest BCUT2D eigenvalue weighted by atomic mass is 9.77. The van der Waals surface area contributed by atoms with Crippen molar-refractivity contribution in [3.05, 3.63) is 41.5 Å². The molecule has 0 saturated heterocycles. The van der Waals surface area contributed by atoms with E-state index in [4.69, 9.17) is 5.11 Å². The fourth-order valence-corrected chi connectivity index (χ4v) is 2.24. The fourth-order valence-electron chi connectivity index (χ4n) is 2.24. The van der Waals surface area contributed by atoms with E-state index in [-0.39, 0.29) is 5.91 Å². The molecular formula is C16H19NO3. The van der Waals surface area contributed by atoms with Crippen molar-refractivity contribution in [2.45, 2.75) is 38.1 Å². The van der Waals surface area contributed by atoms with Gasteiger partial charge < -0.3 is 10.4 Å². The SMILES string of the molecule is CCc1ccc(/C=C/C(=O)NC2(C(=O)O)CCC2)cc1. The lowest BCUT2D eigenvalue weighted by molar-refractivity contribution is -0.151. The summed E-state index contributed by atoms with van der Waals surface area (Å²) < 4.78 is 0. The Bertz CT molecular complexity index is 527. The molecule has 0 aliphatic heterocycles. The fraction of sp³-hybridized carbons (Fsp3) is 0.375. The summed E-state index contributed by atoms with van der Waals surface area (Å²) in [5.41, 5.74) is 1.12. The quantitative estimate of drug-likeness (QED) is 0.809. The van der Waals surface area contributed by atoms with E-state index < -0.39 is 11.5 Å². The molecule has 2 rings (SSSR count). The molecular weight excluding hydrogens is 254 g/mol. The summed E-state index contributed by atoms with van der Waals surface area (Å²) in [5.74, 6) is -1.30. The second-order valence-electron chi connectivity index (χ2n) is 5.16. The van der Waals surface area contributed by atoms with Crippen LogP contribution in [0.4, 0.5) is 0 Å². The summed E-state index contributed by atoms with van der Waals surface area (Å²) in [5, 5.41) is 11.7. The van der Waals surface area contributed by atoms with Gasteiger partial charge in [0.1, 0.15) is 5.54 Å². The highest BCUT2D eigenvalue weighted by Gasteiger charge is 2.45. The summed E-state index contributed by atoms with van der Waals surface area (Å²) in [7, 11) is 0. The number of carbonyl (C=O) groups excluding carboxylic acids is 1. The molecule has 0 atom stereocenters. The van der Waals surface area contributed by atoms with Gasteiger partial charge in [0.25, 0.3) is 0 Å². The summed E-state index contributed by atoms with van der Waals surface area (Å²) in [6.45, 7) is 2.09. The molecule has 20 heavy (non-hydrogen) atoms. The number of hydrogen-bond donors (Lipinski definition) is 2. The van der Waals surface area contributed by atoms with Crippen LogP contribution < -0.4 is 5.32 Å². The van der Waals surface area contributed by atoms with Gasteiger partial charge in [-0.15, -0.1) is 0 Å². The van der Waals surface area contributed by atoms with Gasteiger partial charge in [-0.05, 0) is 42.9 Å². The zero-order valence-corrected chi connectivity index (χ0v) is 11.6. The topological polar surface area (TPSA) is 66.4 Å². The standard InChI is InChI=1S/C16H19NO3/c1-2-12-4-6-13(7-5-12)8-9-14(18)17-16(15(19)20)10-3-11-16/h4-9H,2-3,10-11H2,1H3,(H,17,18)(H,19,20)/b9-8+. The van der Waals surface area contributed by atoms with Gasteiger partial charge >= 0.3 is 5.97 Å². The first kappa shape index (κ1) is 14.3. The molecule has 106 valence electrons. The number of aryl methyl sites for hydroxylation is 1. The van der Waals surface area contributed by atoms with E-state index in [2.05, 4.69) is 12.2 Å². The molecule has 0 spiro atoms. The average Bonchev–Trinajstić information content (AvgIpc) is 2.40. The minimum Gasteiger partial charge on any atom is -0.480 e. The third-order valence-corrected chi connectivity index (χ3v) is 3.79. The maximum atomic E-state index is 11.8. The van der Waals surface area contributed by atoms with E-state index in [1.54, 1.807) is 6.08 Å². The minimum absolute atomic E-state index is 0.355. The largest absolute Gasteiger partial charge is 0.480 e. The third kappa shape index (κ3) is 3.07. The molecule has 1 fully saturated rings. The summed E-state index contributed by atoms with van der Waals surface area (Å²) >= 11 is 0. The molecule has 0 radical (unpaired) electrons. The molecule has 4 heteroatoms. The number of carboxylic acids is 1. The van der Waals surface area contributed by atoms with Crippen molar-refractivity contribution >= 4 is 18.0 Å². The molecule has 1 amide bonds. The Hall–Kier alpha value is -2.10. The molecule has 0 heterocycles. The zero-order chi connectivity index (χ0) is 14.6. The Morgan fingerprint density at radius 3 is 2.40 bits per heavy atom. The number of aliphatic carboxylic acids is 1. The minimum atomic E-state index is -1.05. The highest BCUT2D eigenvalue weighted by molar-refractivity contribution is 5.96. The Morgan fingerprint density at radius 1 is 1.30 bits per heavy atom. The summed E-state index contributed by atoms with van der Waals surface area (Å²) in [6.07, 6.45) is 5.92. The van der Waals surface area contributed by atoms with E-state index in [0.717, 1.165) is 18.4 Å². The van der Waals surface area contributed by atoms with Crippen LogP contribution in [0, 0.1) is 0 Å². The van der Waals surface area contributed by atoms with Gasteiger partial charge in [-0.25, -0.2) is 4.79 Å². The van der Waals surface area contributed by atoms with Gasteiger partial charge in [-0.2, -0.15) is 0 Å². The number of hydrogen-bond acceptors (Lipinski definition) is 2. The Balaban J connectivity index is 1.96. The van der Waals surface area contributed by atoms with Crippen LogP contribution in [0.3, 0.4) is 0 Å². The first-order valence-electron chi connectivity index (χ1n) is 6.88. The van der Waals surface area contributed by atoms with Crippen molar-refractivity contribution in [3.63, 3.8) is 0 Å². The molecule has 4 nitrogen and oxygen atoms in total. The maximum Gasteiger partial charge on any atom is 0.329 e. The van der Waals surface area contributed by atoms with E-state index in [1.807, 2.05) is 24.3 Å². The van der Waals surface area contributed by atoms with Crippen LogP contribution in [0.5, 0.6) is 0 Å². The lowest BCUT2D eigenvalue weighted by Gasteiger charge is -2.37. The smallest absolute Gasteiger partial charge is 0.329 e. The predicted molar refractivity (Wildman–Crippen MR) is 77.2 cm³/mol. The Labute approximate surface area is 118 Å². The Kier molecular flexibility index (Phi) is 4.23. The molecule has 1 aliphatic rings. The molecule has 2 N–H and O–H groups in total. The molecule has 1 aromatic rings. The van der Waals surface area contributed by atoms with Crippen LogP contribution in [0.1, 0.15) is 37.3 Å². The van der Waals surface area contributed by atoms with E-state index in [0.29, 0.717) is 12.8 Å². The van der Waals surface area contributed by atoms with Crippen molar-refractivity contribution in [1.29, 1.82) is 0 Å². The molecule has 1 aliphatic carbocycles. The molecule has 1 aromatic carbocycles. The van der Waals surface area contributed by atoms with Crippen LogP contribution in [0.2, 0.25) is 0 Å². The molecule has 1 saturated carbocycles. The highest BCUT2D eigenvalue weighted by Crippen LogP contribution is 2.31. The van der Waals surface area contributed by atoms with Crippen LogP contribution in [-0.4, -0.2) is 22.5 Å². The van der Waals surface area contributed by atoms with Crippen molar-refractivity contribution in [2.24, 2.45) is 0 Å². The number of amides is 1. The number of rotatable bonds is 5. The summed E-state index contributed by atoms with van der Waals surface area (Å²) in [6, 6.07) is 7.92. The van der Waals surface area contributed by atoms with Crippen molar-refractivity contribution in [3.8, 4) is 0 Å². The van der Waals surface area contributed by atoms with Gasteiger partial charge in [0.2, 0.25) is 5.91 Å². The number of carboxylic acid groups (broad SMARTS) is 1. The monoisotopic (exact) mass is 273 g/mol. The van der Waals surface area contributed by atoms with Crippen molar-refractivity contribution < 1.29 is 14.7 Å². The van der Waals surface area contributed by atoms with Gasteiger partial charge in [0.15, 0.2) is 0 Å². The van der Waals surface area contributed by atoms with E-state index >= 15 is 0 Å². The lowest BCUT2D eigenvalue weighted by Crippen LogP contribution is -2.58. The maximum absolute atomic E-state index is 11.8. The number of nitrogens with one attached hydrogen (secondary N) is 1. The second-order valence-corrected chi connectivity index (χ2v) is 5.16. The normalized spacial score (nSPS) is 16.6. The predicted octanol–water partition coefficient (Wildman–Crippen LogP) is 2.39. The zero-order valence-electron chi connectivity index (χ0n) is 11.6. The summed E-state index contributed by atoms with van der Waals surface area (Å²) in [4.78, 5) is 22.9. The average molecular weight is 273 g/mol. The van der Waals surface area contributed by atoms with Gasteiger partial charge in [-0.1, -0.05) is 31.2 Å². The van der Waals surface area contributed by atoms with Crippen molar-refractivity contribution in [2.75, 3.05) is 0 Å². The molecule has 0 unspecified atom stereocenters. The van der Waals surface area contributed by atoms with Crippen LogP contribution in [0.15, 0.2) is 30.3 Å². The number of benzene rings is 1. The van der Waals surface area contributed by atoms with Crippen LogP contribution >= 0.6 is 0 Å². The van der Waals surface area contributed by atoms with Crippen LogP contribution in [0.25, 0.3) is 6.08 Å². The highest BCUT2D eigenvalue weighted by atomic mass is 16.4. The first-order chi connectivity index (χ1) is 9.55. The Morgan fingerprint density at radius 2 is 1.95 bits per heavy atom. The van der Waals surface area contributed by atoms with Gasteiger partial charge in [-0.3, -0.25) is 4.79 Å². The second kappa shape index (κ2) is 5.90. The molecule has 0 aromatic heterocycles. The first-order valence-corrected chi connectivity index (χ1v) is 6.88. The third-order valence-electron chi connectivity index (χ3n) is 3.79. The van der Waals surface area contributed by atoms with E-state index in [1.165, 1.54) is 11.6 Å². The van der Waals surface area contributed by atoms with Crippen molar-refractivity contribution in [1.82, 2.24) is 5.32 Å².